The van der Waals surface area contributed by atoms with Crippen LogP contribution in [0.4, 0.5) is 0 Å². The number of hydrogen-bond acceptors (Lipinski definition) is 3. The van der Waals surface area contributed by atoms with Gasteiger partial charge in [-0.1, -0.05) is 101 Å². The third kappa shape index (κ3) is 12.2. The van der Waals surface area contributed by atoms with Gasteiger partial charge in [-0.25, -0.2) is 0 Å². The first kappa shape index (κ1) is 25.6. The normalized spacial score (nSPS) is 14.0. The fraction of sp³-hybridized carbons (Fsp3) is 0.833. The number of allylic oxidation sites excluding steroid dienone is 4. The lowest BCUT2D eigenvalue weighted by Crippen LogP contribution is -2.42. The van der Waals surface area contributed by atoms with Crippen molar-refractivity contribution >= 4 is 8.80 Å². The molecule has 3 nitrogen and oxygen atoms in total. The number of unbranched alkanes of at least 4 members (excludes halogenated alkanes) is 13. The van der Waals surface area contributed by atoms with Crippen LogP contribution < -0.4 is 0 Å². The molecular weight excluding hydrogens is 364 g/mol. The molecule has 0 spiro atoms. The van der Waals surface area contributed by atoms with Gasteiger partial charge in [-0.15, -0.1) is 0 Å². The smallest absolute Gasteiger partial charge is 0.377 e. The topological polar surface area (TPSA) is 27.7 Å². The molecular formula is C24H46O3Si. The summed E-state index contributed by atoms with van der Waals surface area (Å²) in [5.74, 6) is 0. The second-order valence-electron chi connectivity index (χ2n) is 8.16. The van der Waals surface area contributed by atoms with Crippen molar-refractivity contribution in [3.63, 3.8) is 0 Å². The highest BCUT2D eigenvalue weighted by molar-refractivity contribution is 6.60. The molecule has 1 aliphatic rings. The van der Waals surface area contributed by atoms with Gasteiger partial charge in [-0.3, -0.25) is 0 Å². The van der Waals surface area contributed by atoms with Crippen molar-refractivity contribution in [3.05, 3.63) is 23.8 Å². The molecule has 164 valence electrons. The predicted octanol–water partition coefficient (Wildman–Crippen LogP) is 7.60. The van der Waals surface area contributed by atoms with Crippen molar-refractivity contribution < 1.29 is 13.3 Å². The van der Waals surface area contributed by atoms with Crippen LogP contribution in [0.5, 0.6) is 0 Å². The van der Waals surface area contributed by atoms with E-state index in [-0.39, 0.29) is 0 Å². The van der Waals surface area contributed by atoms with Crippen molar-refractivity contribution in [2.24, 2.45) is 0 Å². The summed E-state index contributed by atoms with van der Waals surface area (Å²) in [5.41, 5.74) is 1.56. The zero-order valence-electron chi connectivity index (χ0n) is 19.0. The number of rotatable bonds is 20. The van der Waals surface area contributed by atoms with E-state index in [1.807, 2.05) is 0 Å². The molecule has 4 heteroatoms. The standard InChI is InChI=1S/C24H46O3Si/c1-25-28(26-2,27-3)23-19-15-13-11-9-7-5-4-6-8-10-12-14-16-20-24-21-17-18-22-24/h17,21-22H,4-16,18-20,23H2,1-3H3. The molecule has 28 heavy (non-hydrogen) atoms. The molecule has 0 aromatic carbocycles. The van der Waals surface area contributed by atoms with Crippen LogP contribution in [0.2, 0.25) is 6.04 Å². The maximum Gasteiger partial charge on any atom is 0.500 e. The Morgan fingerprint density at radius 3 is 1.46 bits per heavy atom. The van der Waals surface area contributed by atoms with Gasteiger partial charge in [0, 0.05) is 27.4 Å². The van der Waals surface area contributed by atoms with Crippen LogP contribution >= 0.6 is 0 Å². The van der Waals surface area contributed by atoms with Crippen molar-refractivity contribution in [1.29, 1.82) is 0 Å². The first-order valence-corrected chi connectivity index (χ1v) is 13.7. The van der Waals surface area contributed by atoms with Gasteiger partial charge < -0.3 is 13.3 Å². The Morgan fingerprint density at radius 1 is 0.643 bits per heavy atom. The Hall–Kier alpha value is -0.423. The van der Waals surface area contributed by atoms with Gasteiger partial charge in [0.05, 0.1) is 0 Å². The van der Waals surface area contributed by atoms with Crippen LogP contribution in [0, 0.1) is 0 Å². The van der Waals surface area contributed by atoms with Crippen LogP contribution in [0.3, 0.4) is 0 Å². The van der Waals surface area contributed by atoms with Crippen LogP contribution in [-0.4, -0.2) is 30.1 Å². The summed E-state index contributed by atoms with van der Waals surface area (Å²) >= 11 is 0. The second-order valence-corrected chi connectivity index (χ2v) is 11.3. The first-order chi connectivity index (χ1) is 13.8. The Morgan fingerprint density at radius 2 is 1.07 bits per heavy atom. The van der Waals surface area contributed by atoms with Crippen LogP contribution in [0.25, 0.3) is 0 Å². The molecule has 0 aromatic heterocycles. The van der Waals surface area contributed by atoms with E-state index in [0.717, 1.165) is 18.9 Å². The Labute approximate surface area is 176 Å². The zero-order chi connectivity index (χ0) is 20.3. The van der Waals surface area contributed by atoms with Gasteiger partial charge >= 0.3 is 8.80 Å². The summed E-state index contributed by atoms with van der Waals surface area (Å²) in [6.07, 6.45) is 28.7. The lowest BCUT2D eigenvalue weighted by atomic mass is 10.0. The van der Waals surface area contributed by atoms with E-state index in [1.54, 1.807) is 26.9 Å². The average Bonchev–Trinajstić information content (AvgIpc) is 3.24. The molecule has 0 bridgehead atoms. The maximum absolute atomic E-state index is 5.47. The highest BCUT2D eigenvalue weighted by Gasteiger charge is 2.36. The summed E-state index contributed by atoms with van der Waals surface area (Å²) < 4.78 is 16.4. The summed E-state index contributed by atoms with van der Waals surface area (Å²) in [7, 11) is 2.77. The molecule has 0 aromatic rings. The fourth-order valence-corrected chi connectivity index (χ4v) is 5.84. The van der Waals surface area contributed by atoms with Gasteiger partial charge in [0.1, 0.15) is 0 Å². The van der Waals surface area contributed by atoms with Crippen molar-refractivity contribution in [1.82, 2.24) is 0 Å². The van der Waals surface area contributed by atoms with E-state index >= 15 is 0 Å². The van der Waals surface area contributed by atoms with E-state index in [1.165, 1.54) is 89.9 Å². The lowest BCUT2D eigenvalue weighted by molar-refractivity contribution is 0.122. The highest BCUT2D eigenvalue weighted by atomic mass is 28.4. The molecule has 0 atom stereocenters. The minimum Gasteiger partial charge on any atom is -0.377 e. The summed E-state index contributed by atoms with van der Waals surface area (Å²) in [5, 5.41) is 0. The average molecular weight is 411 g/mol. The van der Waals surface area contributed by atoms with Crippen LogP contribution in [0.1, 0.15) is 103 Å². The maximum atomic E-state index is 5.47. The monoisotopic (exact) mass is 410 g/mol. The van der Waals surface area contributed by atoms with E-state index in [4.69, 9.17) is 13.3 Å². The molecule has 0 fully saturated rings. The van der Waals surface area contributed by atoms with Crippen LogP contribution in [-0.2, 0) is 13.3 Å². The fourth-order valence-electron chi connectivity index (χ4n) is 4.04. The van der Waals surface area contributed by atoms with E-state index in [9.17, 15) is 0 Å². The molecule has 0 saturated heterocycles. The summed E-state index contributed by atoms with van der Waals surface area (Å²) in [6, 6.07) is 0.936. The van der Waals surface area contributed by atoms with Crippen molar-refractivity contribution in [3.8, 4) is 0 Å². The number of hydrogen-bond donors (Lipinski definition) is 0. The highest BCUT2D eigenvalue weighted by Crippen LogP contribution is 2.19. The van der Waals surface area contributed by atoms with Crippen molar-refractivity contribution in [2.45, 2.75) is 109 Å². The predicted molar refractivity (Wildman–Crippen MR) is 123 cm³/mol. The SMILES string of the molecule is CO[Si](CCCCCCCCCCCCCCCCC1=CCC=C1)(OC)OC. The minimum atomic E-state index is -2.33. The van der Waals surface area contributed by atoms with Gasteiger partial charge in [0.25, 0.3) is 0 Å². The molecule has 1 aliphatic carbocycles. The van der Waals surface area contributed by atoms with E-state index < -0.39 is 8.80 Å². The summed E-state index contributed by atoms with van der Waals surface area (Å²) in [6.45, 7) is 0. The van der Waals surface area contributed by atoms with E-state index in [2.05, 4.69) is 18.2 Å². The molecule has 0 N–H and O–H groups in total. The Balaban J connectivity index is 1.75. The molecule has 0 saturated carbocycles. The quantitative estimate of drug-likeness (QED) is 0.153. The summed E-state index contributed by atoms with van der Waals surface area (Å²) in [4.78, 5) is 0. The van der Waals surface area contributed by atoms with E-state index in [0.29, 0.717) is 0 Å². The van der Waals surface area contributed by atoms with Gasteiger partial charge in [-0.05, 0) is 25.7 Å². The Kier molecular flexibility index (Phi) is 16.0. The molecule has 1 rings (SSSR count). The van der Waals surface area contributed by atoms with Gasteiger partial charge in [0.15, 0.2) is 0 Å². The molecule has 0 amide bonds. The van der Waals surface area contributed by atoms with Gasteiger partial charge in [0.2, 0.25) is 0 Å². The molecule has 0 aliphatic heterocycles. The second kappa shape index (κ2) is 17.4. The minimum absolute atomic E-state index is 0.936. The van der Waals surface area contributed by atoms with Crippen molar-refractivity contribution in [2.75, 3.05) is 21.3 Å². The molecule has 0 unspecified atom stereocenters. The third-order valence-electron chi connectivity index (χ3n) is 5.98. The lowest BCUT2D eigenvalue weighted by Gasteiger charge is -2.24. The van der Waals surface area contributed by atoms with Gasteiger partial charge in [-0.2, -0.15) is 0 Å². The largest absolute Gasteiger partial charge is 0.500 e. The third-order valence-corrected chi connectivity index (χ3v) is 8.81. The molecule has 0 radical (unpaired) electrons. The van der Waals surface area contributed by atoms with Crippen LogP contribution in [0.15, 0.2) is 23.8 Å². The first-order valence-electron chi connectivity index (χ1n) is 11.8. The Bertz CT molecular complexity index is 408. The molecule has 0 heterocycles. The zero-order valence-corrected chi connectivity index (χ0v) is 20.0.